The number of aromatic nitrogens is 2. The Morgan fingerprint density at radius 1 is 1.26 bits per heavy atom. The molecule has 0 unspecified atom stereocenters. The zero-order valence-electron chi connectivity index (χ0n) is 16.6. The summed E-state index contributed by atoms with van der Waals surface area (Å²) in [6.07, 6.45) is 5.27. The Balaban J connectivity index is 1.64. The van der Waals surface area contributed by atoms with E-state index in [2.05, 4.69) is 62.6 Å². The summed E-state index contributed by atoms with van der Waals surface area (Å²) in [6.45, 7) is 12.8. The highest BCUT2D eigenvalue weighted by Gasteiger charge is 2.28. The summed E-state index contributed by atoms with van der Waals surface area (Å²) >= 11 is 0. The molecule has 1 saturated heterocycles. The van der Waals surface area contributed by atoms with Gasteiger partial charge in [-0.3, -0.25) is 4.98 Å². The summed E-state index contributed by atoms with van der Waals surface area (Å²) in [7, 11) is 1.77. The number of hydrogen-bond donors (Lipinski definition) is 0. The molecule has 4 rings (SSSR count). The standard InChI is InChI=1S/C23H27N3O/c1-15(23(2,3)4)19-9-10-20-22(19)25-21(12-24-20)16-7-6-8-17(11-16)26-13-18(14-26)27-5/h6-9,11-12,18H,1,10,13-14H2,2-5H3. The molecule has 27 heavy (non-hydrogen) atoms. The first-order chi connectivity index (χ1) is 12.9. The number of allylic oxidation sites excluding steroid dienone is 3. The van der Waals surface area contributed by atoms with Crippen molar-refractivity contribution in [1.82, 2.24) is 9.97 Å². The highest BCUT2D eigenvalue weighted by Crippen LogP contribution is 2.39. The number of benzene rings is 1. The molecule has 4 nitrogen and oxygen atoms in total. The number of anilines is 1. The molecule has 0 spiro atoms. The largest absolute Gasteiger partial charge is 0.378 e. The van der Waals surface area contributed by atoms with E-state index in [9.17, 15) is 0 Å². The van der Waals surface area contributed by atoms with Crippen LogP contribution in [0.5, 0.6) is 0 Å². The second-order valence-electron chi connectivity index (χ2n) is 8.41. The highest BCUT2D eigenvalue weighted by atomic mass is 16.5. The first kappa shape index (κ1) is 17.9. The topological polar surface area (TPSA) is 38.2 Å². The lowest BCUT2D eigenvalue weighted by Crippen LogP contribution is -2.51. The van der Waals surface area contributed by atoms with Crippen LogP contribution in [0.15, 0.2) is 48.7 Å². The summed E-state index contributed by atoms with van der Waals surface area (Å²) < 4.78 is 5.39. The van der Waals surface area contributed by atoms with E-state index in [1.54, 1.807) is 7.11 Å². The number of nitrogens with zero attached hydrogens (tertiary/aromatic N) is 3. The van der Waals surface area contributed by atoms with E-state index in [4.69, 9.17) is 14.7 Å². The van der Waals surface area contributed by atoms with E-state index in [1.165, 1.54) is 5.69 Å². The van der Waals surface area contributed by atoms with Crippen LogP contribution in [0.3, 0.4) is 0 Å². The van der Waals surface area contributed by atoms with Gasteiger partial charge in [-0.15, -0.1) is 0 Å². The summed E-state index contributed by atoms with van der Waals surface area (Å²) in [5, 5.41) is 0. The zero-order chi connectivity index (χ0) is 19.2. The van der Waals surface area contributed by atoms with Crippen LogP contribution >= 0.6 is 0 Å². The second kappa shape index (κ2) is 6.61. The minimum Gasteiger partial charge on any atom is -0.378 e. The van der Waals surface area contributed by atoms with Gasteiger partial charge in [0.1, 0.15) is 0 Å². The molecule has 2 heterocycles. The van der Waals surface area contributed by atoms with Gasteiger partial charge in [-0.25, -0.2) is 4.98 Å². The number of ether oxygens (including phenoxy) is 1. The quantitative estimate of drug-likeness (QED) is 0.802. The molecule has 0 amide bonds. The maximum Gasteiger partial charge on any atom is 0.0927 e. The van der Waals surface area contributed by atoms with Crippen LogP contribution < -0.4 is 4.90 Å². The minimum absolute atomic E-state index is 0.0143. The summed E-state index contributed by atoms with van der Waals surface area (Å²) in [4.78, 5) is 12.0. The van der Waals surface area contributed by atoms with Gasteiger partial charge in [0, 0.05) is 43.4 Å². The number of rotatable bonds is 4. The van der Waals surface area contributed by atoms with Crippen LogP contribution in [0, 0.1) is 5.41 Å². The lowest BCUT2D eigenvalue weighted by molar-refractivity contribution is 0.0788. The van der Waals surface area contributed by atoms with Crippen molar-refractivity contribution >= 4 is 11.3 Å². The van der Waals surface area contributed by atoms with Crippen LogP contribution in [0.1, 0.15) is 32.2 Å². The normalized spacial score (nSPS) is 16.7. The van der Waals surface area contributed by atoms with Gasteiger partial charge in [-0.2, -0.15) is 0 Å². The molecule has 1 aliphatic carbocycles. The molecule has 1 aromatic carbocycles. The summed E-state index contributed by atoms with van der Waals surface area (Å²) in [5.74, 6) is 0. The Morgan fingerprint density at radius 3 is 2.74 bits per heavy atom. The van der Waals surface area contributed by atoms with Crippen LogP contribution in [-0.2, 0) is 11.2 Å². The average Bonchev–Trinajstić information content (AvgIpc) is 3.02. The molecule has 2 aliphatic rings. The van der Waals surface area contributed by atoms with Gasteiger partial charge >= 0.3 is 0 Å². The Bertz CT molecular complexity index is 917. The molecule has 0 N–H and O–H groups in total. The molecular formula is C23H27N3O. The van der Waals surface area contributed by atoms with Crippen molar-refractivity contribution in [2.75, 3.05) is 25.1 Å². The third-order valence-electron chi connectivity index (χ3n) is 5.52. The molecule has 4 heteroatoms. The van der Waals surface area contributed by atoms with E-state index >= 15 is 0 Å². The molecular weight excluding hydrogens is 334 g/mol. The maximum absolute atomic E-state index is 5.39. The van der Waals surface area contributed by atoms with Gasteiger partial charge in [-0.05, 0) is 23.1 Å². The van der Waals surface area contributed by atoms with Crippen molar-refractivity contribution < 1.29 is 4.74 Å². The Kier molecular flexibility index (Phi) is 4.39. The van der Waals surface area contributed by atoms with Gasteiger partial charge < -0.3 is 9.64 Å². The van der Waals surface area contributed by atoms with Gasteiger partial charge in [0.25, 0.3) is 0 Å². The lowest BCUT2D eigenvalue weighted by atomic mass is 9.82. The number of methoxy groups -OCH3 is 1. The predicted octanol–water partition coefficient (Wildman–Crippen LogP) is 4.52. The Morgan fingerprint density at radius 2 is 2.04 bits per heavy atom. The Labute approximate surface area is 161 Å². The average molecular weight is 361 g/mol. The van der Waals surface area contributed by atoms with Gasteiger partial charge in [0.15, 0.2) is 0 Å². The van der Waals surface area contributed by atoms with Crippen LogP contribution in [-0.4, -0.2) is 36.3 Å². The summed E-state index contributed by atoms with van der Waals surface area (Å²) in [6, 6.07) is 8.52. The SMILES string of the molecule is C=C(C1=CCc2ncc(-c3cccc(N4CC(OC)C4)c3)nc21)C(C)(C)C. The molecule has 2 aromatic rings. The number of hydrogen-bond acceptors (Lipinski definition) is 4. The van der Waals surface area contributed by atoms with Gasteiger partial charge in [0.2, 0.25) is 0 Å². The smallest absolute Gasteiger partial charge is 0.0927 e. The molecule has 140 valence electrons. The summed E-state index contributed by atoms with van der Waals surface area (Å²) in [5.41, 5.74) is 7.52. The van der Waals surface area contributed by atoms with Crippen molar-refractivity contribution in [1.29, 1.82) is 0 Å². The van der Waals surface area contributed by atoms with Crippen molar-refractivity contribution in [2.45, 2.75) is 33.3 Å². The zero-order valence-corrected chi connectivity index (χ0v) is 16.6. The molecule has 1 aliphatic heterocycles. The van der Waals surface area contributed by atoms with Crippen LogP contribution in [0.2, 0.25) is 0 Å². The fourth-order valence-corrected chi connectivity index (χ4v) is 3.54. The third-order valence-corrected chi connectivity index (χ3v) is 5.52. The second-order valence-corrected chi connectivity index (χ2v) is 8.41. The first-order valence-electron chi connectivity index (χ1n) is 9.51. The van der Waals surface area contributed by atoms with E-state index in [0.29, 0.717) is 6.10 Å². The lowest BCUT2D eigenvalue weighted by Gasteiger charge is -2.40. The first-order valence-corrected chi connectivity index (χ1v) is 9.51. The van der Waals surface area contributed by atoms with Crippen molar-refractivity contribution in [3.63, 3.8) is 0 Å². The van der Waals surface area contributed by atoms with E-state index in [0.717, 1.165) is 53.3 Å². The van der Waals surface area contributed by atoms with E-state index in [-0.39, 0.29) is 5.41 Å². The molecule has 1 aromatic heterocycles. The van der Waals surface area contributed by atoms with Gasteiger partial charge in [0.05, 0.1) is 29.4 Å². The fraction of sp³-hybridized carbons (Fsp3) is 0.391. The maximum atomic E-state index is 5.39. The molecule has 0 radical (unpaired) electrons. The molecule has 0 saturated carbocycles. The molecule has 0 bridgehead atoms. The highest BCUT2D eigenvalue weighted by molar-refractivity contribution is 5.82. The van der Waals surface area contributed by atoms with Crippen molar-refractivity contribution in [3.8, 4) is 11.3 Å². The van der Waals surface area contributed by atoms with Crippen molar-refractivity contribution in [2.24, 2.45) is 5.41 Å². The van der Waals surface area contributed by atoms with Gasteiger partial charge in [-0.1, -0.05) is 45.6 Å². The molecule has 1 fully saturated rings. The number of fused-ring (bicyclic) bond motifs is 1. The Hall–Kier alpha value is -2.46. The predicted molar refractivity (Wildman–Crippen MR) is 111 cm³/mol. The minimum atomic E-state index is 0.0143. The molecule has 0 atom stereocenters. The van der Waals surface area contributed by atoms with Crippen LogP contribution in [0.4, 0.5) is 5.69 Å². The van der Waals surface area contributed by atoms with Crippen LogP contribution in [0.25, 0.3) is 16.8 Å². The van der Waals surface area contributed by atoms with E-state index in [1.807, 2.05) is 6.20 Å². The monoisotopic (exact) mass is 361 g/mol. The van der Waals surface area contributed by atoms with Crippen molar-refractivity contribution in [3.05, 3.63) is 60.1 Å². The van der Waals surface area contributed by atoms with E-state index < -0.39 is 0 Å². The third kappa shape index (κ3) is 3.30. The fourth-order valence-electron chi connectivity index (χ4n) is 3.54.